The third kappa shape index (κ3) is 5.13. The van der Waals surface area contributed by atoms with Gasteiger partial charge in [-0.15, -0.1) is 0 Å². The molecular formula is C28H24Cl2N4O3S. The number of halogens is 2. The van der Waals surface area contributed by atoms with E-state index < -0.39 is 0 Å². The standard InChI is InChI=1S/C28H24Cl2N4O3S/c1-16-18(6-5-7-19(16)29)23-11-12-24(37-23)27-26(22-8-3-4-13-31-22)33-28(38)34(27)17-9-10-21(20(30)14-17)32-25(35)15-36-2/h3-14,26-27H,15H2,1-2H3,(H,32,35)(H,33,38). The van der Waals surface area contributed by atoms with Gasteiger partial charge in [0.25, 0.3) is 0 Å². The van der Waals surface area contributed by atoms with Gasteiger partial charge in [0.05, 0.1) is 22.4 Å². The number of rotatable bonds is 7. The molecule has 3 heterocycles. The van der Waals surface area contributed by atoms with Crippen LogP contribution in [0.3, 0.4) is 0 Å². The van der Waals surface area contributed by atoms with Crippen LogP contribution in [-0.4, -0.2) is 29.7 Å². The summed E-state index contributed by atoms with van der Waals surface area (Å²) in [5.41, 5.74) is 3.87. The summed E-state index contributed by atoms with van der Waals surface area (Å²) in [5, 5.41) is 7.68. The van der Waals surface area contributed by atoms with E-state index in [4.69, 9.17) is 44.6 Å². The second-order valence-corrected chi connectivity index (χ2v) is 9.96. The Kier molecular flexibility index (Phi) is 7.67. The lowest BCUT2D eigenvalue weighted by molar-refractivity contribution is -0.119. The van der Waals surface area contributed by atoms with Crippen LogP contribution in [0.4, 0.5) is 11.4 Å². The molecule has 7 nitrogen and oxygen atoms in total. The van der Waals surface area contributed by atoms with Crippen LogP contribution in [0.1, 0.15) is 29.1 Å². The average Bonchev–Trinajstić information content (AvgIpc) is 3.52. The summed E-state index contributed by atoms with van der Waals surface area (Å²) in [6.45, 7) is 1.89. The minimum Gasteiger partial charge on any atom is -0.459 e. The van der Waals surface area contributed by atoms with Gasteiger partial charge in [-0.25, -0.2) is 0 Å². The zero-order valence-corrected chi connectivity index (χ0v) is 22.9. The first-order valence-corrected chi connectivity index (χ1v) is 13.0. The molecule has 38 heavy (non-hydrogen) atoms. The Bertz CT molecular complexity index is 1490. The summed E-state index contributed by atoms with van der Waals surface area (Å²) < 4.78 is 11.3. The van der Waals surface area contributed by atoms with Crippen molar-refractivity contribution in [3.63, 3.8) is 0 Å². The summed E-state index contributed by atoms with van der Waals surface area (Å²) in [6, 6.07) is 20.1. The molecule has 1 fully saturated rings. The lowest BCUT2D eigenvalue weighted by Crippen LogP contribution is -2.29. The Morgan fingerprint density at radius 3 is 2.71 bits per heavy atom. The highest BCUT2D eigenvalue weighted by Gasteiger charge is 2.42. The van der Waals surface area contributed by atoms with Gasteiger partial charge < -0.3 is 24.7 Å². The van der Waals surface area contributed by atoms with E-state index in [2.05, 4.69) is 15.6 Å². The Balaban J connectivity index is 1.55. The average molecular weight is 567 g/mol. The number of hydrogen-bond donors (Lipinski definition) is 2. The number of nitrogens with one attached hydrogen (secondary N) is 2. The van der Waals surface area contributed by atoms with Crippen molar-refractivity contribution in [3.05, 3.63) is 100.0 Å². The van der Waals surface area contributed by atoms with Crippen LogP contribution < -0.4 is 15.5 Å². The fourth-order valence-electron chi connectivity index (χ4n) is 4.53. The van der Waals surface area contributed by atoms with E-state index >= 15 is 0 Å². The van der Waals surface area contributed by atoms with Crippen LogP contribution in [0.2, 0.25) is 10.0 Å². The fourth-order valence-corrected chi connectivity index (χ4v) is 5.27. The molecule has 2 aromatic carbocycles. The maximum atomic E-state index is 12.0. The maximum Gasteiger partial charge on any atom is 0.250 e. The predicted octanol–water partition coefficient (Wildman–Crippen LogP) is 6.72. The summed E-state index contributed by atoms with van der Waals surface area (Å²) in [4.78, 5) is 18.5. The zero-order chi connectivity index (χ0) is 26.8. The summed E-state index contributed by atoms with van der Waals surface area (Å²) in [7, 11) is 1.46. The summed E-state index contributed by atoms with van der Waals surface area (Å²) in [6.07, 6.45) is 1.75. The van der Waals surface area contributed by atoms with Crippen molar-refractivity contribution in [3.8, 4) is 11.3 Å². The molecule has 0 saturated carbocycles. The highest BCUT2D eigenvalue weighted by Crippen LogP contribution is 2.44. The molecule has 2 N–H and O–H groups in total. The van der Waals surface area contributed by atoms with E-state index in [1.54, 1.807) is 18.3 Å². The molecular weight excluding hydrogens is 543 g/mol. The van der Waals surface area contributed by atoms with E-state index in [1.807, 2.05) is 66.4 Å². The van der Waals surface area contributed by atoms with Gasteiger partial charge in [-0.2, -0.15) is 0 Å². The number of methoxy groups -OCH3 is 1. The molecule has 2 atom stereocenters. The van der Waals surface area contributed by atoms with E-state index in [9.17, 15) is 4.79 Å². The molecule has 5 rings (SSSR count). The molecule has 1 amide bonds. The molecule has 2 aromatic heterocycles. The number of hydrogen-bond acceptors (Lipinski definition) is 5. The van der Waals surface area contributed by atoms with Crippen molar-refractivity contribution in [1.82, 2.24) is 10.3 Å². The van der Waals surface area contributed by atoms with E-state index in [1.165, 1.54) is 7.11 Å². The number of furan rings is 1. The minimum absolute atomic E-state index is 0.0705. The molecule has 1 saturated heterocycles. The third-order valence-corrected chi connectivity index (χ3v) is 7.37. The number of thiocarbonyl (C=S) groups is 1. The Morgan fingerprint density at radius 2 is 1.97 bits per heavy atom. The summed E-state index contributed by atoms with van der Waals surface area (Å²) in [5.74, 6) is 1.09. The van der Waals surface area contributed by atoms with Crippen molar-refractivity contribution < 1.29 is 13.9 Å². The number of benzene rings is 2. The molecule has 194 valence electrons. The third-order valence-electron chi connectivity index (χ3n) is 6.33. The largest absolute Gasteiger partial charge is 0.459 e. The Hall–Kier alpha value is -3.43. The second kappa shape index (κ2) is 11.1. The number of aromatic nitrogens is 1. The van der Waals surface area contributed by atoms with Crippen molar-refractivity contribution in [2.24, 2.45) is 0 Å². The molecule has 2 unspecified atom stereocenters. The highest BCUT2D eigenvalue weighted by atomic mass is 35.5. The monoisotopic (exact) mass is 566 g/mol. The minimum atomic E-state index is -0.365. The fraction of sp³-hybridized carbons (Fsp3) is 0.179. The lowest BCUT2D eigenvalue weighted by Gasteiger charge is -2.26. The number of nitrogens with zero attached hydrogens (tertiary/aromatic N) is 2. The van der Waals surface area contributed by atoms with Crippen LogP contribution in [0.15, 0.2) is 77.3 Å². The van der Waals surface area contributed by atoms with Crippen LogP contribution in [0, 0.1) is 6.92 Å². The molecule has 1 aliphatic heterocycles. The van der Waals surface area contributed by atoms with Gasteiger partial charge in [-0.3, -0.25) is 9.78 Å². The normalized spacial score (nSPS) is 16.9. The smallest absolute Gasteiger partial charge is 0.250 e. The predicted molar refractivity (Wildman–Crippen MR) is 154 cm³/mol. The Labute approximate surface area is 235 Å². The van der Waals surface area contributed by atoms with Gasteiger partial charge in [0.2, 0.25) is 5.91 Å². The van der Waals surface area contributed by atoms with Crippen molar-refractivity contribution in [1.29, 1.82) is 0 Å². The number of pyridine rings is 1. The number of anilines is 2. The first-order chi connectivity index (χ1) is 18.4. The van der Waals surface area contributed by atoms with Gasteiger partial charge in [-0.1, -0.05) is 41.4 Å². The van der Waals surface area contributed by atoms with Crippen LogP contribution in [-0.2, 0) is 9.53 Å². The second-order valence-electron chi connectivity index (χ2n) is 8.76. The quantitative estimate of drug-likeness (QED) is 0.240. The molecule has 0 radical (unpaired) electrons. The van der Waals surface area contributed by atoms with Crippen molar-refractivity contribution >= 4 is 57.8 Å². The molecule has 1 aliphatic rings. The zero-order valence-electron chi connectivity index (χ0n) is 20.6. The first-order valence-electron chi connectivity index (χ1n) is 11.8. The maximum absolute atomic E-state index is 12.0. The summed E-state index contributed by atoms with van der Waals surface area (Å²) >= 11 is 18.7. The van der Waals surface area contributed by atoms with Gasteiger partial charge in [0.1, 0.15) is 24.2 Å². The topological polar surface area (TPSA) is 79.6 Å². The van der Waals surface area contributed by atoms with Gasteiger partial charge in [0.15, 0.2) is 5.11 Å². The van der Waals surface area contributed by atoms with E-state index in [0.29, 0.717) is 32.4 Å². The molecule has 0 spiro atoms. The van der Waals surface area contributed by atoms with Crippen LogP contribution in [0.5, 0.6) is 0 Å². The van der Waals surface area contributed by atoms with Gasteiger partial charge in [-0.05, 0) is 73.2 Å². The van der Waals surface area contributed by atoms with Crippen molar-refractivity contribution in [2.75, 3.05) is 23.9 Å². The van der Waals surface area contributed by atoms with Crippen LogP contribution in [0.25, 0.3) is 11.3 Å². The molecule has 10 heteroatoms. The van der Waals surface area contributed by atoms with Gasteiger partial charge in [0, 0.05) is 29.6 Å². The highest BCUT2D eigenvalue weighted by molar-refractivity contribution is 7.80. The van der Waals surface area contributed by atoms with E-state index in [0.717, 1.165) is 22.5 Å². The Morgan fingerprint density at radius 1 is 1.13 bits per heavy atom. The van der Waals surface area contributed by atoms with Crippen molar-refractivity contribution in [2.45, 2.75) is 19.0 Å². The van der Waals surface area contributed by atoms with Crippen LogP contribution >= 0.6 is 35.4 Å². The number of carbonyl (C=O) groups excluding carboxylic acids is 1. The molecule has 0 aliphatic carbocycles. The first kappa shape index (κ1) is 26.2. The molecule has 0 bridgehead atoms. The lowest BCUT2D eigenvalue weighted by atomic mass is 10.0. The number of ether oxygens (including phenoxy) is 1. The van der Waals surface area contributed by atoms with Gasteiger partial charge >= 0.3 is 0 Å². The number of carbonyl (C=O) groups is 1. The van der Waals surface area contributed by atoms with E-state index in [-0.39, 0.29) is 24.6 Å². The number of amides is 1. The SMILES string of the molecule is COCC(=O)Nc1ccc(N2C(=S)NC(c3ccccn3)C2c2ccc(-c3cccc(Cl)c3C)o2)cc1Cl. The molecule has 4 aromatic rings.